The Morgan fingerprint density at radius 2 is 2.11 bits per heavy atom. The Morgan fingerprint density at radius 3 is 2.53 bits per heavy atom. The number of imidazole rings is 1. The fraction of sp³-hybridized carbons (Fsp3) is 0.714. The number of carbonyl (C=O) groups excluding carboxylic acids is 1. The minimum absolute atomic E-state index is 0.149. The molecule has 1 heterocycles. The third-order valence-electron chi connectivity index (χ3n) is 2.45. The SMILES string of the molecule is Cc1cnc(C(CC(C)C)NC(=O)OC(C)(C)C)[nH]1. The van der Waals surface area contributed by atoms with Gasteiger partial charge >= 0.3 is 6.09 Å². The van der Waals surface area contributed by atoms with E-state index in [1.165, 1.54) is 0 Å². The summed E-state index contributed by atoms with van der Waals surface area (Å²) in [5.41, 5.74) is 0.487. The Labute approximate surface area is 115 Å². The molecule has 5 nitrogen and oxygen atoms in total. The number of amides is 1. The van der Waals surface area contributed by atoms with Crippen LogP contribution in [-0.2, 0) is 4.74 Å². The second-order valence-corrected chi connectivity index (χ2v) is 6.28. The maximum Gasteiger partial charge on any atom is 0.408 e. The molecular weight excluding hydrogens is 242 g/mol. The Bertz CT molecular complexity index is 419. The molecule has 1 aromatic heterocycles. The van der Waals surface area contributed by atoms with Gasteiger partial charge in [0.1, 0.15) is 11.4 Å². The standard InChI is InChI=1S/C14H25N3O2/c1-9(2)7-11(12-15-8-10(3)16-12)17-13(18)19-14(4,5)6/h8-9,11H,7H2,1-6H3,(H,15,16)(H,17,18). The van der Waals surface area contributed by atoms with Crippen molar-refractivity contribution in [2.75, 3.05) is 0 Å². The van der Waals surface area contributed by atoms with E-state index in [9.17, 15) is 4.79 Å². The van der Waals surface area contributed by atoms with Crippen molar-refractivity contribution in [1.82, 2.24) is 15.3 Å². The lowest BCUT2D eigenvalue weighted by Crippen LogP contribution is -2.35. The van der Waals surface area contributed by atoms with Crippen LogP contribution in [0.3, 0.4) is 0 Å². The minimum atomic E-state index is -0.494. The van der Waals surface area contributed by atoms with E-state index >= 15 is 0 Å². The Morgan fingerprint density at radius 1 is 1.47 bits per heavy atom. The number of nitrogens with zero attached hydrogens (tertiary/aromatic N) is 1. The van der Waals surface area contributed by atoms with Gasteiger partial charge in [-0.3, -0.25) is 0 Å². The van der Waals surface area contributed by atoms with E-state index in [2.05, 4.69) is 29.1 Å². The zero-order chi connectivity index (χ0) is 14.6. The normalized spacial score (nSPS) is 13.4. The fourth-order valence-electron chi connectivity index (χ4n) is 1.77. The second kappa shape index (κ2) is 6.08. The van der Waals surface area contributed by atoms with Gasteiger partial charge < -0.3 is 15.0 Å². The molecule has 1 amide bonds. The number of ether oxygens (including phenoxy) is 1. The van der Waals surface area contributed by atoms with Crippen LogP contribution in [0.4, 0.5) is 4.79 Å². The average molecular weight is 267 g/mol. The Kier molecular flexibility index (Phi) is 4.97. The molecule has 0 saturated carbocycles. The molecule has 0 saturated heterocycles. The topological polar surface area (TPSA) is 67.0 Å². The van der Waals surface area contributed by atoms with Gasteiger partial charge in [-0.25, -0.2) is 9.78 Å². The van der Waals surface area contributed by atoms with Crippen LogP contribution in [0.5, 0.6) is 0 Å². The van der Waals surface area contributed by atoms with Gasteiger partial charge in [0.25, 0.3) is 0 Å². The molecule has 0 spiro atoms. The number of nitrogens with one attached hydrogen (secondary N) is 2. The van der Waals surface area contributed by atoms with Crippen LogP contribution in [0, 0.1) is 12.8 Å². The maximum absolute atomic E-state index is 11.9. The van der Waals surface area contributed by atoms with E-state index in [-0.39, 0.29) is 6.04 Å². The molecule has 19 heavy (non-hydrogen) atoms. The lowest BCUT2D eigenvalue weighted by molar-refractivity contribution is 0.0495. The number of alkyl carbamates (subject to hydrolysis) is 1. The van der Waals surface area contributed by atoms with Crippen molar-refractivity contribution in [3.63, 3.8) is 0 Å². The lowest BCUT2D eigenvalue weighted by Gasteiger charge is -2.23. The summed E-state index contributed by atoms with van der Waals surface area (Å²) < 4.78 is 5.29. The van der Waals surface area contributed by atoms with E-state index in [0.717, 1.165) is 17.9 Å². The number of aromatic amines is 1. The fourth-order valence-corrected chi connectivity index (χ4v) is 1.77. The first-order chi connectivity index (χ1) is 8.67. The van der Waals surface area contributed by atoms with Gasteiger partial charge in [-0.1, -0.05) is 13.8 Å². The van der Waals surface area contributed by atoms with E-state index in [4.69, 9.17) is 4.74 Å². The summed E-state index contributed by atoms with van der Waals surface area (Å²) in [7, 11) is 0. The highest BCUT2D eigenvalue weighted by Gasteiger charge is 2.22. The highest BCUT2D eigenvalue weighted by molar-refractivity contribution is 5.68. The molecule has 5 heteroatoms. The molecule has 0 aliphatic heterocycles. The lowest BCUT2D eigenvalue weighted by atomic mass is 10.0. The van der Waals surface area contributed by atoms with Crippen LogP contribution >= 0.6 is 0 Å². The molecule has 108 valence electrons. The highest BCUT2D eigenvalue weighted by atomic mass is 16.6. The average Bonchev–Trinajstić information content (AvgIpc) is 2.60. The number of aromatic nitrogens is 2. The molecule has 0 radical (unpaired) electrons. The number of H-pyrrole nitrogens is 1. The zero-order valence-electron chi connectivity index (χ0n) is 12.7. The van der Waals surface area contributed by atoms with Crippen LogP contribution in [0.1, 0.15) is 58.6 Å². The molecule has 0 fully saturated rings. The van der Waals surface area contributed by atoms with Crippen molar-refractivity contribution in [1.29, 1.82) is 0 Å². The third kappa shape index (κ3) is 5.77. The van der Waals surface area contributed by atoms with Crippen molar-refractivity contribution in [3.8, 4) is 0 Å². The largest absolute Gasteiger partial charge is 0.444 e. The number of hydrogen-bond acceptors (Lipinski definition) is 3. The quantitative estimate of drug-likeness (QED) is 0.879. The Balaban J connectivity index is 2.73. The van der Waals surface area contributed by atoms with Gasteiger partial charge in [-0.05, 0) is 40.0 Å². The van der Waals surface area contributed by atoms with Crippen molar-refractivity contribution in [2.45, 2.75) is 59.6 Å². The van der Waals surface area contributed by atoms with Crippen LogP contribution in [-0.4, -0.2) is 21.7 Å². The molecule has 1 rings (SSSR count). The maximum atomic E-state index is 11.9. The van der Waals surface area contributed by atoms with Gasteiger partial charge in [-0.15, -0.1) is 0 Å². The molecule has 2 N–H and O–H groups in total. The van der Waals surface area contributed by atoms with Crippen molar-refractivity contribution in [2.24, 2.45) is 5.92 Å². The zero-order valence-corrected chi connectivity index (χ0v) is 12.7. The highest BCUT2D eigenvalue weighted by Crippen LogP contribution is 2.19. The summed E-state index contributed by atoms with van der Waals surface area (Å²) in [4.78, 5) is 19.3. The van der Waals surface area contributed by atoms with Crippen molar-refractivity contribution >= 4 is 6.09 Å². The number of aryl methyl sites for hydroxylation is 1. The summed E-state index contributed by atoms with van der Waals surface area (Å²) in [5, 5.41) is 2.88. The van der Waals surface area contributed by atoms with E-state index in [1.807, 2.05) is 27.7 Å². The molecule has 1 atom stereocenters. The Hall–Kier alpha value is -1.52. The van der Waals surface area contributed by atoms with Crippen LogP contribution in [0.15, 0.2) is 6.20 Å². The number of rotatable bonds is 4. The summed E-state index contributed by atoms with van der Waals surface area (Å²) in [6, 6.07) is -0.149. The molecule has 0 bridgehead atoms. The van der Waals surface area contributed by atoms with Gasteiger partial charge in [0.15, 0.2) is 0 Å². The second-order valence-electron chi connectivity index (χ2n) is 6.28. The van der Waals surface area contributed by atoms with Gasteiger partial charge in [-0.2, -0.15) is 0 Å². The summed E-state index contributed by atoms with van der Waals surface area (Å²) in [5.74, 6) is 1.22. The number of hydrogen-bond donors (Lipinski definition) is 2. The first-order valence-electron chi connectivity index (χ1n) is 6.68. The van der Waals surface area contributed by atoms with E-state index in [0.29, 0.717) is 5.92 Å². The van der Waals surface area contributed by atoms with Crippen LogP contribution < -0.4 is 5.32 Å². The predicted octanol–water partition coefficient (Wildman–Crippen LogP) is 3.33. The third-order valence-corrected chi connectivity index (χ3v) is 2.45. The molecule has 1 aromatic rings. The summed E-state index contributed by atoms with van der Waals surface area (Å²) >= 11 is 0. The molecule has 0 aliphatic carbocycles. The molecule has 0 aliphatic rings. The first-order valence-corrected chi connectivity index (χ1v) is 6.68. The summed E-state index contributed by atoms with van der Waals surface area (Å²) in [6.07, 6.45) is 2.17. The molecule has 1 unspecified atom stereocenters. The van der Waals surface area contributed by atoms with Gasteiger partial charge in [0, 0.05) is 11.9 Å². The molecular formula is C14H25N3O2. The predicted molar refractivity (Wildman–Crippen MR) is 74.9 cm³/mol. The van der Waals surface area contributed by atoms with E-state index < -0.39 is 11.7 Å². The van der Waals surface area contributed by atoms with Gasteiger partial charge in [0.2, 0.25) is 0 Å². The van der Waals surface area contributed by atoms with Crippen LogP contribution in [0.25, 0.3) is 0 Å². The molecule has 0 aromatic carbocycles. The van der Waals surface area contributed by atoms with Gasteiger partial charge in [0.05, 0.1) is 6.04 Å². The number of carbonyl (C=O) groups is 1. The van der Waals surface area contributed by atoms with Crippen LogP contribution in [0.2, 0.25) is 0 Å². The minimum Gasteiger partial charge on any atom is -0.444 e. The monoisotopic (exact) mass is 267 g/mol. The smallest absolute Gasteiger partial charge is 0.408 e. The summed E-state index contributed by atoms with van der Waals surface area (Å²) in [6.45, 7) is 11.7. The van der Waals surface area contributed by atoms with E-state index in [1.54, 1.807) is 6.20 Å². The van der Waals surface area contributed by atoms with Crippen molar-refractivity contribution in [3.05, 3.63) is 17.7 Å². The first kappa shape index (κ1) is 15.5. The van der Waals surface area contributed by atoms with Crippen molar-refractivity contribution < 1.29 is 9.53 Å².